The Morgan fingerprint density at radius 2 is 2.25 bits per heavy atom. The van der Waals surface area contributed by atoms with Crippen LogP contribution in [0.5, 0.6) is 0 Å². The van der Waals surface area contributed by atoms with Crippen LogP contribution in [0, 0.1) is 12.3 Å². The molecule has 0 aromatic rings. The van der Waals surface area contributed by atoms with Crippen LogP contribution in [0.3, 0.4) is 0 Å². The van der Waals surface area contributed by atoms with Gasteiger partial charge in [-0.2, -0.15) is 0 Å². The van der Waals surface area contributed by atoms with Crippen LogP contribution < -0.4 is 0 Å². The summed E-state index contributed by atoms with van der Waals surface area (Å²) >= 11 is 3.35. The third-order valence-electron chi connectivity index (χ3n) is 2.19. The Morgan fingerprint density at radius 3 is 2.88 bits per heavy atom. The Balaban J connectivity index is 2.26. The van der Waals surface area contributed by atoms with Gasteiger partial charge in [0.25, 0.3) is 0 Å². The van der Waals surface area contributed by atoms with Crippen molar-refractivity contribution in [1.29, 1.82) is 0 Å². The first-order valence-corrected chi connectivity index (χ1v) is 6.48. The maximum absolute atomic E-state index is 5.72. The lowest BCUT2D eigenvalue weighted by atomic mass is 10.3. The number of rotatable bonds is 7. The first-order chi connectivity index (χ1) is 7.80. The number of terminal acetylenes is 1. The Morgan fingerprint density at radius 1 is 1.50 bits per heavy atom. The summed E-state index contributed by atoms with van der Waals surface area (Å²) in [6.07, 6.45) is 9.83. The molecule has 1 aliphatic carbocycles. The van der Waals surface area contributed by atoms with Crippen LogP contribution in [0.2, 0.25) is 0 Å². The quantitative estimate of drug-likeness (QED) is 0.311. The van der Waals surface area contributed by atoms with Crippen molar-refractivity contribution in [2.24, 2.45) is 0 Å². The van der Waals surface area contributed by atoms with Gasteiger partial charge in [-0.3, -0.25) is 0 Å². The van der Waals surface area contributed by atoms with Crippen molar-refractivity contribution < 1.29 is 14.2 Å². The first-order valence-electron chi connectivity index (χ1n) is 5.36. The molecule has 0 amide bonds. The summed E-state index contributed by atoms with van der Waals surface area (Å²) in [4.78, 5) is 0. The molecule has 4 heteroatoms. The van der Waals surface area contributed by atoms with Crippen molar-refractivity contribution in [2.75, 3.05) is 18.5 Å². The zero-order valence-corrected chi connectivity index (χ0v) is 11.0. The van der Waals surface area contributed by atoms with Gasteiger partial charge in [0.15, 0.2) is 6.29 Å². The van der Waals surface area contributed by atoms with Gasteiger partial charge in [0.2, 0.25) is 0 Å². The topological polar surface area (TPSA) is 27.7 Å². The van der Waals surface area contributed by atoms with Crippen molar-refractivity contribution in [3.63, 3.8) is 0 Å². The molecular formula is C12H17BrO3. The molecule has 0 aliphatic heterocycles. The summed E-state index contributed by atoms with van der Waals surface area (Å²) in [6.45, 7) is 2.93. The van der Waals surface area contributed by atoms with E-state index in [1.54, 1.807) is 0 Å². The molecule has 16 heavy (non-hydrogen) atoms. The minimum atomic E-state index is -0.203. The predicted molar refractivity (Wildman–Crippen MR) is 66.4 cm³/mol. The Bertz CT molecular complexity index is 259. The van der Waals surface area contributed by atoms with Gasteiger partial charge in [-0.15, -0.1) is 6.42 Å². The molecule has 1 rings (SSSR count). The largest absolute Gasteiger partial charge is 0.361 e. The molecule has 0 saturated carbocycles. The second-order valence-electron chi connectivity index (χ2n) is 3.39. The summed E-state index contributed by atoms with van der Waals surface area (Å²) < 4.78 is 16.5. The van der Waals surface area contributed by atoms with Crippen molar-refractivity contribution >= 4 is 15.9 Å². The molecule has 3 nitrogen and oxygen atoms in total. The molecular weight excluding hydrogens is 272 g/mol. The van der Waals surface area contributed by atoms with E-state index in [1.165, 1.54) is 0 Å². The van der Waals surface area contributed by atoms with Gasteiger partial charge < -0.3 is 14.2 Å². The van der Waals surface area contributed by atoms with Crippen LogP contribution in [0.1, 0.15) is 13.3 Å². The molecule has 0 saturated heterocycles. The third kappa shape index (κ3) is 4.67. The molecule has 0 spiro atoms. The number of hydrogen-bond acceptors (Lipinski definition) is 3. The second kappa shape index (κ2) is 7.86. The van der Waals surface area contributed by atoms with Crippen LogP contribution >= 0.6 is 15.9 Å². The molecule has 0 N–H and O–H groups in total. The molecule has 1 aliphatic rings. The fourth-order valence-electron chi connectivity index (χ4n) is 1.51. The fourth-order valence-corrected chi connectivity index (χ4v) is 1.85. The number of alkyl halides is 1. The van der Waals surface area contributed by atoms with Crippen LogP contribution in [0.25, 0.3) is 0 Å². The SMILES string of the molecule is C#CCO[C@@H]1C=C[C@H](OC(CBr)OCC)C1. The standard InChI is InChI=1S/C12H17BrO3/c1-3-7-15-10-5-6-11(8-10)16-12(9-13)14-4-2/h1,5-6,10-12H,4,7-9H2,2H3/t10-,11+,12?/m1/s1. The van der Waals surface area contributed by atoms with E-state index < -0.39 is 0 Å². The Hall–Kier alpha value is -0.340. The highest BCUT2D eigenvalue weighted by atomic mass is 79.9. The van der Waals surface area contributed by atoms with Gasteiger partial charge >= 0.3 is 0 Å². The van der Waals surface area contributed by atoms with E-state index in [-0.39, 0.29) is 18.5 Å². The summed E-state index contributed by atoms with van der Waals surface area (Å²) in [7, 11) is 0. The zero-order valence-electron chi connectivity index (χ0n) is 9.40. The summed E-state index contributed by atoms with van der Waals surface area (Å²) in [5, 5.41) is 0.668. The van der Waals surface area contributed by atoms with Gasteiger partial charge in [-0.1, -0.05) is 34.0 Å². The number of halogens is 1. The number of ether oxygens (including phenoxy) is 3. The van der Waals surface area contributed by atoms with Gasteiger partial charge in [-0.05, 0) is 6.92 Å². The summed E-state index contributed by atoms with van der Waals surface area (Å²) in [6, 6.07) is 0. The molecule has 90 valence electrons. The molecule has 0 bridgehead atoms. The highest BCUT2D eigenvalue weighted by Gasteiger charge is 2.22. The van der Waals surface area contributed by atoms with Crippen LogP contribution in [0.4, 0.5) is 0 Å². The second-order valence-corrected chi connectivity index (χ2v) is 4.04. The molecule has 0 radical (unpaired) electrons. The maximum Gasteiger partial charge on any atom is 0.167 e. The minimum Gasteiger partial charge on any atom is -0.361 e. The zero-order chi connectivity index (χ0) is 11.8. The molecule has 0 heterocycles. The average molecular weight is 289 g/mol. The van der Waals surface area contributed by atoms with E-state index in [9.17, 15) is 0 Å². The van der Waals surface area contributed by atoms with Crippen molar-refractivity contribution in [3.05, 3.63) is 12.2 Å². The van der Waals surface area contributed by atoms with E-state index in [2.05, 4.69) is 21.9 Å². The predicted octanol–water partition coefficient (Wildman–Crippen LogP) is 2.11. The van der Waals surface area contributed by atoms with Crippen molar-refractivity contribution in [3.8, 4) is 12.3 Å². The molecule has 0 fully saturated rings. The lowest BCUT2D eigenvalue weighted by molar-refractivity contribution is -0.145. The first kappa shape index (κ1) is 13.7. The molecule has 1 unspecified atom stereocenters. The van der Waals surface area contributed by atoms with Crippen LogP contribution in [0.15, 0.2) is 12.2 Å². The monoisotopic (exact) mass is 288 g/mol. The van der Waals surface area contributed by atoms with Gasteiger partial charge in [0.05, 0.1) is 17.5 Å². The van der Waals surface area contributed by atoms with Gasteiger partial charge in [-0.25, -0.2) is 0 Å². The fraction of sp³-hybridized carbons (Fsp3) is 0.667. The van der Waals surface area contributed by atoms with Crippen LogP contribution in [-0.2, 0) is 14.2 Å². The van der Waals surface area contributed by atoms with Crippen molar-refractivity contribution in [1.82, 2.24) is 0 Å². The van der Waals surface area contributed by atoms with E-state index in [1.807, 2.05) is 19.1 Å². The smallest absolute Gasteiger partial charge is 0.167 e. The average Bonchev–Trinajstić information content (AvgIpc) is 2.73. The number of hydrogen-bond donors (Lipinski definition) is 0. The lowest BCUT2D eigenvalue weighted by Gasteiger charge is -2.19. The van der Waals surface area contributed by atoms with E-state index in [4.69, 9.17) is 20.6 Å². The maximum atomic E-state index is 5.72. The van der Waals surface area contributed by atoms with Gasteiger partial charge in [0.1, 0.15) is 6.61 Å². The van der Waals surface area contributed by atoms with E-state index >= 15 is 0 Å². The highest BCUT2D eigenvalue weighted by molar-refractivity contribution is 9.09. The summed E-state index contributed by atoms with van der Waals surface area (Å²) in [5.41, 5.74) is 0. The van der Waals surface area contributed by atoms with Crippen molar-refractivity contribution in [2.45, 2.75) is 31.8 Å². The normalized spacial score (nSPS) is 25.6. The molecule has 0 aromatic heterocycles. The third-order valence-corrected chi connectivity index (χ3v) is 2.72. The highest BCUT2D eigenvalue weighted by Crippen LogP contribution is 2.19. The Kier molecular flexibility index (Phi) is 6.74. The lowest BCUT2D eigenvalue weighted by Crippen LogP contribution is -2.25. The van der Waals surface area contributed by atoms with Gasteiger partial charge in [0, 0.05) is 13.0 Å². The molecule has 0 aromatic carbocycles. The van der Waals surface area contributed by atoms with E-state index in [0.717, 1.165) is 6.42 Å². The minimum absolute atomic E-state index is 0.0527. The summed E-state index contributed by atoms with van der Waals surface area (Å²) in [5.74, 6) is 2.45. The van der Waals surface area contributed by atoms with E-state index in [0.29, 0.717) is 18.5 Å². The van der Waals surface area contributed by atoms with Crippen LogP contribution in [-0.4, -0.2) is 37.0 Å². The Labute approximate surface area is 105 Å². The molecule has 3 atom stereocenters.